The number of carbonyl (C=O) groups is 2. The summed E-state index contributed by atoms with van der Waals surface area (Å²) in [5.74, 6) is -1.71. The summed E-state index contributed by atoms with van der Waals surface area (Å²) in [7, 11) is 0. The van der Waals surface area contributed by atoms with Crippen molar-refractivity contribution in [2.24, 2.45) is 0 Å². The molecule has 0 saturated heterocycles. The molecule has 0 saturated carbocycles. The molecule has 0 spiro atoms. The van der Waals surface area contributed by atoms with Crippen molar-refractivity contribution in [3.63, 3.8) is 0 Å². The average molecular weight is 1620 g/mol. The van der Waals surface area contributed by atoms with Crippen LogP contribution in [0.3, 0.4) is 0 Å². The summed E-state index contributed by atoms with van der Waals surface area (Å²) >= 11 is 0. The number of hydrogen-bond acceptors (Lipinski definition) is 6. The summed E-state index contributed by atoms with van der Waals surface area (Å²) < 4.78 is 0. The van der Waals surface area contributed by atoms with Crippen LogP contribution in [0, 0.1) is 0 Å². The van der Waals surface area contributed by atoms with Gasteiger partial charge in [0.1, 0.15) is 0 Å². The van der Waals surface area contributed by atoms with Crippen molar-refractivity contribution in [3.05, 3.63) is 0 Å². The van der Waals surface area contributed by atoms with E-state index in [2.05, 4.69) is 51.3 Å². The Balaban J connectivity index is -0.00000212. The SMILES string of the molecule is CCCCCCCCCCCCCCCCCCCCCCCCN(CCCCCCCCCCCCCCCCCCCCCCCC)C(CCC)C(=O)[O-].CCCCCCCCCCCCCCCCCCCCCCCCN(CCCCCCCCCCCCCCCCCCCCCCCC)C(CCC)C(=O)[O-].[Ca+2]. The van der Waals surface area contributed by atoms with E-state index in [0.717, 1.165) is 77.5 Å². The first-order valence-corrected chi connectivity index (χ1v) is 53.2. The van der Waals surface area contributed by atoms with Gasteiger partial charge in [0, 0.05) is 12.1 Å². The van der Waals surface area contributed by atoms with Gasteiger partial charge in [0.25, 0.3) is 0 Å². The van der Waals surface area contributed by atoms with Crippen molar-refractivity contribution in [2.45, 2.75) is 644 Å². The number of rotatable bonds is 100. The number of hydrogen-bond donors (Lipinski definition) is 0. The molecule has 6 nitrogen and oxygen atoms in total. The summed E-state index contributed by atoms with van der Waals surface area (Å²) in [6.07, 6.45) is 127. The molecule has 0 fully saturated rings. The minimum Gasteiger partial charge on any atom is -0.548 e. The van der Waals surface area contributed by atoms with Gasteiger partial charge in [-0.1, -0.05) is 594 Å². The second kappa shape index (κ2) is 106. The molecule has 2 unspecified atom stereocenters. The largest absolute Gasteiger partial charge is 2.00 e. The third-order valence-corrected chi connectivity index (χ3v) is 25.7. The molecule has 0 amide bonds. The molecular formula is C106H212CaN2O4. The number of nitrogens with zero attached hydrogens (tertiary/aromatic N) is 2. The molecular weight excluding hydrogens is 1410 g/mol. The standard InChI is InChI=1S/2C53H107NO2.Ca/c2*1-4-7-9-11-13-15-17-19-21-23-25-27-29-31-33-35-37-39-41-43-45-47-50-54(52(49-6-3)53(55)56)51-48-46-44-42-40-38-36-34-32-30-28-26-24-22-20-18-16-14-12-10-8-5-2;/h2*52H,4-51H2,1-3H3,(H,55,56);/q;;+2/p-2. The van der Waals surface area contributed by atoms with Crippen LogP contribution in [0.1, 0.15) is 632 Å². The van der Waals surface area contributed by atoms with Gasteiger partial charge in [-0.25, -0.2) is 0 Å². The van der Waals surface area contributed by atoms with E-state index in [1.165, 1.54) is 539 Å². The third-order valence-electron chi connectivity index (χ3n) is 25.7. The van der Waals surface area contributed by atoms with Crippen LogP contribution in [-0.4, -0.2) is 97.7 Å². The Kier molecular flexibility index (Phi) is 110. The molecule has 0 N–H and O–H groups in total. The van der Waals surface area contributed by atoms with Crippen LogP contribution in [0.2, 0.25) is 0 Å². The monoisotopic (exact) mass is 1620 g/mol. The first kappa shape index (κ1) is 117. The minimum absolute atomic E-state index is 0. The van der Waals surface area contributed by atoms with Gasteiger partial charge < -0.3 is 19.8 Å². The Morgan fingerprint density at radius 2 is 0.248 bits per heavy atom. The summed E-state index contributed by atoms with van der Waals surface area (Å²) in [5.41, 5.74) is 0. The van der Waals surface area contributed by atoms with Gasteiger partial charge in [-0.15, -0.1) is 0 Å². The average Bonchev–Trinajstić information content (AvgIpc) is 0.906. The van der Waals surface area contributed by atoms with Crippen LogP contribution in [-0.2, 0) is 9.59 Å². The van der Waals surface area contributed by atoms with Crippen LogP contribution in [0.5, 0.6) is 0 Å². The van der Waals surface area contributed by atoms with E-state index in [4.69, 9.17) is 0 Å². The summed E-state index contributed by atoms with van der Waals surface area (Å²) in [5, 5.41) is 24.1. The van der Waals surface area contributed by atoms with Crippen LogP contribution in [0.4, 0.5) is 0 Å². The predicted octanol–water partition coefficient (Wildman–Crippen LogP) is 34.4. The summed E-state index contributed by atoms with van der Waals surface area (Å²) in [4.78, 5) is 28.6. The van der Waals surface area contributed by atoms with Gasteiger partial charge in [0.15, 0.2) is 0 Å². The van der Waals surface area contributed by atoms with Crippen LogP contribution >= 0.6 is 0 Å². The van der Waals surface area contributed by atoms with Gasteiger partial charge in [-0.05, 0) is 64.7 Å². The third kappa shape index (κ3) is 97.4. The maximum Gasteiger partial charge on any atom is 2.00 e. The Morgan fingerprint density at radius 3 is 0.327 bits per heavy atom. The smallest absolute Gasteiger partial charge is 0.548 e. The normalized spacial score (nSPS) is 12.2. The zero-order valence-electron chi connectivity index (χ0n) is 79.3. The van der Waals surface area contributed by atoms with Crippen molar-refractivity contribution in [3.8, 4) is 0 Å². The first-order valence-electron chi connectivity index (χ1n) is 53.2. The van der Waals surface area contributed by atoms with Crippen molar-refractivity contribution < 1.29 is 19.8 Å². The number of unbranched alkanes of at least 4 members (excludes halogenated alkanes) is 84. The molecule has 7 heteroatoms. The molecule has 672 valence electrons. The van der Waals surface area contributed by atoms with E-state index in [1.54, 1.807) is 0 Å². The fraction of sp³-hybridized carbons (Fsp3) is 0.981. The Bertz CT molecular complexity index is 1480. The fourth-order valence-corrected chi connectivity index (χ4v) is 18.0. The molecule has 0 aromatic carbocycles. The molecule has 0 aliphatic rings. The Hall–Kier alpha value is 0.120. The molecule has 0 aliphatic heterocycles. The molecule has 0 rings (SSSR count). The second-order valence-electron chi connectivity index (χ2n) is 37.0. The molecule has 0 radical (unpaired) electrons. The van der Waals surface area contributed by atoms with Crippen molar-refractivity contribution in [2.75, 3.05) is 26.2 Å². The van der Waals surface area contributed by atoms with Crippen molar-refractivity contribution >= 4 is 49.7 Å². The van der Waals surface area contributed by atoms with E-state index in [9.17, 15) is 19.8 Å². The molecule has 2 atom stereocenters. The van der Waals surface area contributed by atoms with Crippen molar-refractivity contribution in [1.82, 2.24) is 9.80 Å². The quantitative estimate of drug-likeness (QED) is 0.0445. The number of carbonyl (C=O) groups excluding carboxylic acids is 2. The Morgan fingerprint density at radius 1 is 0.159 bits per heavy atom. The van der Waals surface area contributed by atoms with Crippen LogP contribution in [0.15, 0.2) is 0 Å². The van der Waals surface area contributed by atoms with Gasteiger partial charge in [-0.3, -0.25) is 9.80 Å². The molecule has 0 aromatic rings. The number of aliphatic carboxylic acids is 2. The zero-order chi connectivity index (χ0) is 81.3. The second-order valence-corrected chi connectivity index (χ2v) is 37.0. The van der Waals surface area contributed by atoms with E-state index < -0.39 is 24.0 Å². The molecule has 113 heavy (non-hydrogen) atoms. The fourth-order valence-electron chi connectivity index (χ4n) is 18.0. The van der Waals surface area contributed by atoms with E-state index in [1.807, 2.05) is 0 Å². The van der Waals surface area contributed by atoms with E-state index in [-0.39, 0.29) is 37.7 Å². The topological polar surface area (TPSA) is 86.7 Å². The zero-order valence-corrected chi connectivity index (χ0v) is 81.5. The first-order chi connectivity index (χ1) is 55.3. The maximum absolute atomic E-state index is 12.0. The maximum atomic E-state index is 12.0. The minimum atomic E-state index is -0.857. The number of carboxylic acid groups (broad SMARTS) is 2. The van der Waals surface area contributed by atoms with Gasteiger partial charge in [0.2, 0.25) is 0 Å². The summed E-state index contributed by atoms with van der Waals surface area (Å²) in [6.45, 7) is 17.1. The van der Waals surface area contributed by atoms with E-state index >= 15 is 0 Å². The van der Waals surface area contributed by atoms with Gasteiger partial charge in [-0.2, -0.15) is 0 Å². The molecule has 0 bridgehead atoms. The van der Waals surface area contributed by atoms with Gasteiger partial charge in [0.05, 0.1) is 11.9 Å². The Labute approximate surface area is 744 Å². The van der Waals surface area contributed by atoms with Crippen LogP contribution in [0.25, 0.3) is 0 Å². The molecule has 0 aliphatic carbocycles. The van der Waals surface area contributed by atoms with Crippen LogP contribution < -0.4 is 10.2 Å². The van der Waals surface area contributed by atoms with Gasteiger partial charge >= 0.3 is 37.7 Å². The van der Waals surface area contributed by atoms with E-state index in [0.29, 0.717) is 0 Å². The number of carboxylic acids is 2. The molecule has 0 heterocycles. The molecule has 0 aromatic heterocycles. The predicted molar refractivity (Wildman–Crippen MR) is 505 cm³/mol. The van der Waals surface area contributed by atoms with Crippen molar-refractivity contribution in [1.29, 1.82) is 0 Å². The summed E-state index contributed by atoms with van der Waals surface area (Å²) in [6, 6.07) is -0.797.